The Morgan fingerprint density at radius 2 is 2.00 bits per heavy atom. The molecular weight excluding hydrogens is 394 g/mol. The van der Waals surface area contributed by atoms with Crippen LogP contribution in [-0.2, 0) is 4.79 Å². The molecule has 0 saturated carbocycles. The van der Waals surface area contributed by atoms with Gasteiger partial charge in [0.05, 0.1) is 0 Å². The molecule has 6 nitrogen and oxygen atoms in total. The van der Waals surface area contributed by atoms with Crippen molar-refractivity contribution in [3.63, 3.8) is 0 Å². The summed E-state index contributed by atoms with van der Waals surface area (Å²) in [6.45, 7) is 9.37. The number of amides is 1. The summed E-state index contributed by atoms with van der Waals surface area (Å²) in [6.07, 6.45) is 0.384. The summed E-state index contributed by atoms with van der Waals surface area (Å²) in [7, 11) is 1.76. The number of likely N-dealkylation sites (tertiary alicyclic amines) is 1. The zero-order valence-electron chi connectivity index (χ0n) is 16.1. The van der Waals surface area contributed by atoms with Crippen molar-refractivity contribution in [2.75, 3.05) is 32.0 Å². The predicted molar refractivity (Wildman–Crippen MR) is 112 cm³/mol. The summed E-state index contributed by atoms with van der Waals surface area (Å²) in [5, 5.41) is 9.62. The molecule has 1 amide bonds. The summed E-state index contributed by atoms with van der Waals surface area (Å²) >= 11 is 3.38. The van der Waals surface area contributed by atoms with Crippen LogP contribution >= 0.6 is 15.9 Å². The van der Waals surface area contributed by atoms with Gasteiger partial charge < -0.3 is 16.0 Å². The fourth-order valence-electron chi connectivity index (χ4n) is 3.04. The minimum atomic E-state index is -0.0181. The van der Waals surface area contributed by atoms with Crippen molar-refractivity contribution in [1.29, 1.82) is 0 Å². The van der Waals surface area contributed by atoms with Crippen LogP contribution in [-0.4, -0.2) is 55.5 Å². The van der Waals surface area contributed by atoms with E-state index in [-0.39, 0.29) is 5.91 Å². The normalized spacial score (nSPS) is 21.1. The topological polar surface area (TPSA) is 68.8 Å². The average molecular weight is 424 g/mol. The van der Waals surface area contributed by atoms with Crippen molar-refractivity contribution >= 4 is 33.5 Å². The van der Waals surface area contributed by atoms with Gasteiger partial charge in [0.2, 0.25) is 5.91 Å². The molecule has 1 fully saturated rings. The Morgan fingerprint density at radius 1 is 1.31 bits per heavy atom. The largest absolute Gasteiger partial charge is 0.356 e. The van der Waals surface area contributed by atoms with Crippen molar-refractivity contribution in [2.24, 2.45) is 10.9 Å². The number of rotatable bonds is 6. The van der Waals surface area contributed by atoms with Crippen LogP contribution in [0.25, 0.3) is 0 Å². The van der Waals surface area contributed by atoms with Gasteiger partial charge in [0.25, 0.3) is 0 Å². The number of hydrogen-bond acceptors (Lipinski definition) is 3. The fourth-order valence-corrected chi connectivity index (χ4v) is 3.30. The van der Waals surface area contributed by atoms with E-state index in [9.17, 15) is 4.79 Å². The Morgan fingerprint density at radius 3 is 2.58 bits per heavy atom. The molecule has 26 heavy (non-hydrogen) atoms. The molecule has 7 heteroatoms. The molecule has 1 aromatic carbocycles. The molecule has 3 N–H and O–H groups in total. The first-order valence-corrected chi connectivity index (χ1v) is 9.95. The molecule has 0 spiro atoms. The molecule has 0 radical (unpaired) electrons. The highest BCUT2D eigenvalue weighted by molar-refractivity contribution is 9.10. The van der Waals surface area contributed by atoms with Crippen molar-refractivity contribution in [1.82, 2.24) is 15.5 Å². The summed E-state index contributed by atoms with van der Waals surface area (Å²) in [5.74, 6) is 1.30. The lowest BCUT2D eigenvalue weighted by atomic mass is 10.1. The maximum absolute atomic E-state index is 12.1. The van der Waals surface area contributed by atoms with Crippen LogP contribution in [0.1, 0.15) is 27.2 Å². The Bertz CT molecular complexity index is 617. The molecule has 0 bridgehead atoms. The first kappa shape index (κ1) is 20.7. The molecule has 1 aromatic rings. The minimum absolute atomic E-state index is 0.0181. The van der Waals surface area contributed by atoms with Gasteiger partial charge in [-0.2, -0.15) is 0 Å². The third-order valence-corrected chi connectivity index (χ3v) is 5.22. The molecule has 1 aliphatic rings. The smallest absolute Gasteiger partial charge is 0.226 e. The maximum Gasteiger partial charge on any atom is 0.226 e. The van der Waals surface area contributed by atoms with E-state index in [1.165, 1.54) is 0 Å². The lowest BCUT2D eigenvalue weighted by molar-refractivity contribution is -0.116. The predicted octanol–water partition coefficient (Wildman–Crippen LogP) is 2.67. The molecular formula is C19H30BrN5O. The summed E-state index contributed by atoms with van der Waals surface area (Å²) < 4.78 is 0.990. The van der Waals surface area contributed by atoms with Gasteiger partial charge in [0.1, 0.15) is 0 Å². The van der Waals surface area contributed by atoms with Crippen molar-refractivity contribution in [3.8, 4) is 0 Å². The highest BCUT2D eigenvalue weighted by Gasteiger charge is 2.31. The Hall–Kier alpha value is -1.60. The zero-order chi connectivity index (χ0) is 19.1. The minimum Gasteiger partial charge on any atom is -0.356 e. The van der Waals surface area contributed by atoms with E-state index in [4.69, 9.17) is 0 Å². The molecule has 0 aromatic heterocycles. The van der Waals surface area contributed by atoms with Gasteiger partial charge in [-0.05, 0) is 44.0 Å². The number of anilines is 1. The quantitative estimate of drug-likeness (QED) is 0.485. The van der Waals surface area contributed by atoms with Gasteiger partial charge >= 0.3 is 0 Å². The van der Waals surface area contributed by atoms with Gasteiger partial charge in [0.15, 0.2) is 5.96 Å². The zero-order valence-corrected chi connectivity index (χ0v) is 17.6. The van der Waals surface area contributed by atoms with Gasteiger partial charge in [-0.25, -0.2) is 0 Å². The number of aliphatic imine (C=N–C) groups is 1. The Labute approximate surface area is 165 Å². The third-order valence-electron chi connectivity index (χ3n) is 4.69. The van der Waals surface area contributed by atoms with Gasteiger partial charge in [-0.1, -0.05) is 22.9 Å². The van der Waals surface area contributed by atoms with Gasteiger partial charge in [0, 0.05) is 55.3 Å². The van der Waals surface area contributed by atoms with Crippen LogP contribution in [0.15, 0.2) is 33.7 Å². The second-order valence-electron chi connectivity index (χ2n) is 7.08. The number of nitrogens with zero attached hydrogens (tertiary/aromatic N) is 2. The van der Waals surface area contributed by atoms with Crippen molar-refractivity contribution in [2.45, 2.75) is 39.3 Å². The van der Waals surface area contributed by atoms with E-state index in [1.54, 1.807) is 7.05 Å². The number of carbonyl (C=O) groups is 1. The number of guanidine groups is 1. The van der Waals surface area contributed by atoms with Gasteiger partial charge in [-0.15, -0.1) is 0 Å². The summed E-state index contributed by atoms with van der Waals surface area (Å²) in [5.41, 5.74) is 0.800. The van der Waals surface area contributed by atoms with Gasteiger partial charge in [-0.3, -0.25) is 14.7 Å². The van der Waals surface area contributed by atoms with E-state index in [2.05, 4.69) is 62.5 Å². The van der Waals surface area contributed by atoms with Crippen LogP contribution in [0.4, 0.5) is 5.69 Å². The highest BCUT2D eigenvalue weighted by atomic mass is 79.9. The molecule has 2 unspecified atom stereocenters. The molecule has 2 rings (SSSR count). The highest BCUT2D eigenvalue weighted by Crippen LogP contribution is 2.18. The number of benzene rings is 1. The first-order valence-electron chi connectivity index (χ1n) is 9.15. The monoisotopic (exact) mass is 423 g/mol. The van der Waals surface area contributed by atoms with Crippen LogP contribution in [0.2, 0.25) is 0 Å². The molecule has 1 aliphatic heterocycles. The fraction of sp³-hybridized carbons (Fsp3) is 0.579. The standard InChI is InChI=1S/C19H30BrN5O/c1-13(2)25-11-14(3)17(12-25)24-19(21-4)22-10-9-18(26)23-16-7-5-15(20)6-8-16/h5-8,13-14,17H,9-12H2,1-4H3,(H,23,26)(H2,21,22,24). The SMILES string of the molecule is CN=C(NCCC(=O)Nc1ccc(Br)cc1)NC1CN(C(C)C)CC1C. The number of halogens is 1. The van der Waals surface area contributed by atoms with Crippen LogP contribution < -0.4 is 16.0 Å². The summed E-state index contributed by atoms with van der Waals surface area (Å²) in [4.78, 5) is 18.8. The molecule has 144 valence electrons. The molecule has 0 aliphatic carbocycles. The molecule has 2 atom stereocenters. The number of nitrogens with one attached hydrogen (secondary N) is 3. The first-order chi connectivity index (χ1) is 12.4. The van der Waals surface area contributed by atoms with Crippen molar-refractivity contribution < 1.29 is 4.79 Å². The second-order valence-corrected chi connectivity index (χ2v) is 8.00. The van der Waals surface area contributed by atoms with Crippen molar-refractivity contribution in [3.05, 3.63) is 28.7 Å². The van der Waals surface area contributed by atoms with Crippen LogP contribution in [0, 0.1) is 5.92 Å². The molecule has 1 heterocycles. The lowest BCUT2D eigenvalue weighted by Gasteiger charge is -2.21. The number of hydrogen-bond donors (Lipinski definition) is 3. The maximum atomic E-state index is 12.1. The summed E-state index contributed by atoms with van der Waals surface area (Å²) in [6, 6.07) is 8.49. The Kier molecular flexibility index (Phi) is 7.90. The Balaban J connectivity index is 1.73. The van der Waals surface area contributed by atoms with E-state index in [1.807, 2.05) is 24.3 Å². The van der Waals surface area contributed by atoms with E-state index >= 15 is 0 Å². The van der Waals surface area contributed by atoms with E-state index in [0.717, 1.165) is 29.2 Å². The second kappa shape index (κ2) is 9.92. The van der Waals surface area contributed by atoms with Crippen LogP contribution in [0.3, 0.4) is 0 Å². The number of carbonyl (C=O) groups excluding carboxylic acids is 1. The average Bonchev–Trinajstić information content (AvgIpc) is 2.97. The lowest BCUT2D eigenvalue weighted by Crippen LogP contribution is -2.47. The molecule has 1 saturated heterocycles. The van der Waals surface area contributed by atoms with E-state index in [0.29, 0.717) is 31.0 Å². The third kappa shape index (κ3) is 6.29. The van der Waals surface area contributed by atoms with E-state index < -0.39 is 0 Å². The van der Waals surface area contributed by atoms with Crippen LogP contribution in [0.5, 0.6) is 0 Å².